The van der Waals surface area contributed by atoms with Crippen molar-refractivity contribution in [2.45, 2.75) is 58.0 Å². The van der Waals surface area contributed by atoms with Gasteiger partial charge in [-0.05, 0) is 33.3 Å². The van der Waals surface area contributed by atoms with Gasteiger partial charge in [0.2, 0.25) is 0 Å². The molecule has 0 saturated carbocycles. The summed E-state index contributed by atoms with van der Waals surface area (Å²) in [6, 6.07) is 9.24. The third-order valence-corrected chi connectivity index (χ3v) is 3.46. The fourth-order valence-corrected chi connectivity index (χ4v) is 2.40. The van der Waals surface area contributed by atoms with Crippen LogP contribution < -0.4 is 5.32 Å². The number of carbonyl (C=O) groups excluding carboxylic acids is 2. The van der Waals surface area contributed by atoms with Gasteiger partial charge in [0.1, 0.15) is 5.60 Å². The summed E-state index contributed by atoms with van der Waals surface area (Å²) in [5.74, 6) is -0.355. The minimum absolute atomic E-state index is 0.260. The number of hydrogen-bond donors (Lipinski definition) is 1. The Bertz CT molecular complexity index is 567. The van der Waals surface area contributed by atoms with Crippen LogP contribution in [-0.4, -0.2) is 36.5 Å². The third kappa shape index (κ3) is 5.53. The second kappa shape index (κ2) is 7.66. The van der Waals surface area contributed by atoms with Crippen molar-refractivity contribution in [2.75, 3.05) is 6.61 Å². The van der Waals surface area contributed by atoms with Gasteiger partial charge in [-0.3, -0.25) is 0 Å². The summed E-state index contributed by atoms with van der Waals surface area (Å²) in [4.78, 5) is 23.8. The molecular weight excluding hydrogens is 310 g/mol. The number of carbonyl (C=O) groups is 2. The average molecular weight is 335 g/mol. The number of rotatable bonds is 6. The highest BCUT2D eigenvalue weighted by Gasteiger charge is 2.47. The van der Waals surface area contributed by atoms with Crippen molar-refractivity contribution in [3.05, 3.63) is 35.9 Å². The van der Waals surface area contributed by atoms with Crippen molar-refractivity contribution in [3.63, 3.8) is 0 Å². The first-order valence-electron chi connectivity index (χ1n) is 8.16. The molecule has 1 aliphatic rings. The Morgan fingerprint density at radius 2 is 1.92 bits per heavy atom. The normalized spacial score (nSPS) is 20.8. The molecule has 1 fully saturated rings. The SMILES string of the molecule is CCOC(=O)C1OC1CC(NC(=O)OC(C)(C)C)c1ccccc1. The number of benzene rings is 1. The molecule has 3 unspecified atom stereocenters. The first-order chi connectivity index (χ1) is 11.3. The first kappa shape index (κ1) is 18.3. The van der Waals surface area contributed by atoms with Crippen LogP contribution in [0.3, 0.4) is 0 Å². The van der Waals surface area contributed by atoms with Gasteiger partial charge in [-0.25, -0.2) is 9.59 Å². The Balaban J connectivity index is 2.00. The number of epoxide rings is 1. The first-order valence-corrected chi connectivity index (χ1v) is 8.16. The van der Waals surface area contributed by atoms with Gasteiger partial charge in [0.25, 0.3) is 0 Å². The van der Waals surface area contributed by atoms with E-state index in [9.17, 15) is 9.59 Å². The molecule has 0 spiro atoms. The van der Waals surface area contributed by atoms with Crippen molar-refractivity contribution >= 4 is 12.1 Å². The zero-order valence-corrected chi connectivity index (χ0v) is 14.6. The molecule has 0 bridgehead atoms. The van der Waals surface area contributed by atoms with Crippen LogP contribution in [0.25, 0.3) is 0 Å². The molecule has 3 atom stereocenters. The lowest BCUT2D eigenvalue weighted by atomic mass is 10.0. The number of amides is 1. The minimum Gasteiger partial charge on any atom is -0.464 e. The van der Waals surface area contributed by atoms with E-state index in [1.54, 1.807) is 6.92 Å². The van der Waals surface area contributed by atoms with Crippen LogP contribution >= 0.6 is 0 Å². The fraction of sp³-hybridized carbons (Fsp3) is 0.556. The molecule has 1 aromatic carbocycles. The van der Waals surface area contributed by atoms with Crippen molar-refractivity contribution in [1.82, 2.24) is 5.32 Å². The Kier molecular flexibility index (Phi) is 5.83. The summed E-state index contributed by atoms with van der Waals surface area (Å²) in [5, 5.41) is 2.86. The highest BCUT2D eigenvalue weighted by molar-refractivity contribution is 5.78. The molecule has 1 N–H and O–H groups in total. The van der Waals surface area contributed by atoms with Crippen LogP contribution in [0, 0.1) is 0 Å². The molecule has 1 amide bonds. The van der Waals surface area contributed by atoms with E-state index in [1.807, 2.05) is 51.1 Å². The van der Waals surface area contributed by atoms with Crippen molar-refractivity contribution in [2.24, 2.45) is 0 Å². The fourth-order valence-electron chi connectivity index (χ4n) is 2.40. The largest absolute Gasteiger partial charge is 0.464 e. The average Bonchev–Trinajstić information content (AvgIpc) is 3.25. The van der Waals surface area contributed by atoms with Crippen LogP contribution in [0.2, 0.25) is 0 Å². The Labute approximate surface area is 142 Å². The van der Waals surface area contributed by atoms with Crippen molar-refractivity contribution in [1.29, 1.82) is 0 Å². The highest BCUT2D eigenvalue weighted by Crippen LogP contribution is 2.32. The zero-order valence-electron chi connectivity index (χ0n) is 14.6. The third-order valence-electron chi connectivity index (χ3n) is 3.46. The molecule has 1 aromatic rings. The van der Waals surface area contributed by atoms with Crippen LogP contribution in [-0.2, 0) is 19.0 Å². The van der Waals surface area contributed by atoms with E-state index in [-0.39, 0.29) is 18.1 Å². The van der Waals surface area contributed by atoms with E-state index < -0.39 is 17.8 Å². The smallest absolute Gasteiger partial charge is 0.408 e. The van der Waals surface area contributed by atoms with E-state index in [1.165, 1.54) is 0 Å². The van der Waals surface area contributed by atoms with E-state index >= 15 is 0 Å². The molecule has 1 heterocycles. The lowest BCUT2D eigenvalue weighted by Gasteiger charge is -2.23. The molecule has 2 rings (SSSR count). The summed E-state index contributed by atoms with van der Waals surface area (Å²) in [7, 11) is 0. The molecule has 0 aromatic heterocycles. The van der Waals surface area contributed by atoms with E-state index in [0.29, 0.717) is 13.0 Å². The van der Waals surface area contributed by atoms with Gasteiger partial charge < -0.3 is 19.5 Å². The molecule has 0 radical (unpaired) electrons. The predicted octanol–water partition coefficient (Wildman–Crippen LogP) is 2.97. The van der Waals surface area contributed by atoms with Crippen LogP contribution in [0.4, 0.5) is 4.79 Å². The Morgan fingerprint density at radius 3 is 2.50 bits per heavy atom. The summed E-state index contributed by atoms with van der Waals surface area (Å²) in [6.45, 7) is 7.51. The topological polar surface area (TPSA) is 77.2 Å². The maximum absolute atomic E-state index is 12.1. The molecule has 1 aliphatic heterocycles. The summed E-state index contributed by atoms with van der Waals surface area (Å²) in [6.07, 6.45) is -0.822. The van der Waals surface area contributed by atoms with E-state index in [4.69, 9.17) is 14.2 Å². The maximum atomic E-state index is 12.1. The predicted molar refractivity (Wildman–Crippen MR) is 88.5 cm³/mol. The van der Waals surface area contributed by atoms with Crippen molar-refractivity contribution in [3.8, 4) is 0 Å². The van der Waals surface area contributed by atoms with Gasteiger partial charge in [0, 0.05) is 6.42 Å². The molecule has 6 heteroatoms. The monoisotopic (exact) mass is 335 g/mol. The molecule has 24 heavy (non-hydrogen) atoms. The second-order valence-electron chi connectivity index (χ2n) is 6.69. The quantitative estimate of drug-likeness (QED) is 0.639. The number of esters is 1. The minimum atomic E-state index is -0.575. The molecular formula is C18H25NO5. The lowest BCUT2D eigenvalue weighted by molar-refractivity contribution is -0.144. The second-order valence-corrected chi connectivity index (χ2v) is 6.69. The van der Waals surface area contributed by atoms with Gasteiger partial charge in [0.05, 0.1) is 18.8 Å². The standard InChI is InChI=1S/C18H25NO5/c1-5-22-16(20)15-14(23-15)11-13(12-9-7-6-8-10-12)19-17(21)24-18(2,3)4/h6-10,13-15H,5,11H2,1-4H3,(H,19,21). The van der Waals surface area contributed by atoms with Crippen molar-refractivity contribution < 1.29 is 23.8 Å². The van der Waals surface area contributed by atoms with Gasteiger partial charge in [-0.2, -0.15) is 0 Å². The van der Waals surface area contributed by atoms with Gasteiger partial charge in [-0.1, -0.05) is 30.3 Å². The van der Waals surface area contributed by atoms with Gasteiger partial charge in [-0.15, -0.1) is 0 Å². The molecule has 132 valence electrons. The van der Waals surface area contributed by atoms with E-state index in [0.717, 1.165) is 5.56 Å². The van der Waals surface area contributed by atoms with E-state index in [2.05, 4.69) is 5.32 Å². The molecule has 0 aliphatic carbocycles. The Hall–Kier alpha value is -2.08. The Morgan fingerprint density at radius 1 is 1.25 bits per heavy atom. The maximum Gasteiger partial charge on any atom is 0.408 e. The zero-order chi connectivity index (χ0) is 17.7. The number of hydrogen-bond acceptors (Lipinski definition) is 5. The number of alkyl carbamates (subject to hydrolysis) is 1. The lowest BCUT2D eigenvalue weighted by Crippen LogP contribution is -2.35. The molecule has 6 nitrogen and oxygen atoms in total. The van der Waals surface area contributed by atoms with Crippen LogP contribution in [0.1, 0.15) is 45.7 Å². The number of nitrogens with one attached hydrogen (secondary N) is 1. The summed E-state index contributed by atoms with van der Waals surface area (Å²) in [5.41, 5.74) is 0.357. The highest BCUT2D eigenvalue weighted by atomic mass is 16.6. The van der Waals surface area contributed by atoms with Crippen LogP contribution in [0.5, 0.6) is 0 Å². The molecule has 1 saturated heterocycles. The summed E-state index contributed by atoms with van der Waals surface area (Å²) >= 11 is 0. The van der Waals surface area contributed by atoms with Gasteiger partial charge >= 0.3 is 12.1 Å². The van der Waals surface area contributed by atoms with Crippen LogP contribution in [0.15, 0.2) is 30.3 Å². The van der Waals surface area contributed by atoms with Gasteiger partial charge in [0.15, 0.2) is 6.10 Å². The summed E-state index contributed by atoms with van der Waals surface area (Å²) < 4.78 is 15.7. The number of ether oxygens (including phenoxy) is 3.